The summed E-state index contributed by atoms with van der Waals surface area (Å²) in [6, 6.07) is 5.24. The number of hydrogen-bond acceptors (Lipinski definition) is 2. The van der Waals surface area contributed by atoms with Gasteiger partial charge >= 0.3 is 5.97 Å². The zero-order valence-corrected chi connectivity index (χ0v) is 9.95. The van der Waals surface area contributed by atoms with Gasteiger partial charge in [0, 0.05) is 23.0 Å². The number of benzene rings is 1. The number of aromatic amines is 1. The van der Waals surface area contributed by atoms with Gasteiger partial charge in [0.15, 0.2) is 0 Å². The molecule has 0 saturated heterocycles. The molecule has 0 fully saturated rings. The lowest BCUT2D eigenvalue weighted by molar-refractivity contribution is -0.138. The molecule has 0 aliphatic heterocycles. The molecule has 0 spiro atoms. The lowest BCUT2D eigenvalue weighted by Crippen LogP contribution is -2.32. The molecule has 1 heterocycles. The average Bonchev–Trinajstić information content (AvgIpc) is 2.55. The van der Waals surface area contributed by atoms with Crippen molar-refractivity contribution in [2.24, 2.45) is 5.73 Å². The molecule has 17 heavy (non-hydrogen) atoms. The van der Waals surface area contributed by atoms with Crippen LogP contribution in [0, 0.1) is 13.8 Å². The Hall–Kier alpha value is -1.81. The molecule has 0 amide bonds. The molecule has 0 bridgehead atoms. The van der Waals surface area contributed by atoms with Crippen LogP contribution in [-0.4, -0.2) is 22.1 Å². The van der Waals surface area contributed by atoms with E-state index in [1.54, 1.807) is 0 Å². The normalized spacial score (nSPS) is 12.9. The van der Waals surface area contributed by atoms with E-state index in [9.17, 15) is 4.79 Å². The first-order chi connectivity index (χ1) is 7.99. The first kappa shape index (κ1) is 11.7. The maximum atomic E-state index is 10.8. The zero-order valence-electron chi connectivity index (χ0n) is 9.95. The first-order valence-corrected chi connectivity index (χ1v) is 5.55. The second-order valence-corrected chi connectivity index (χ2v) is 4.43. The van der Waals surface area contributed by atoms with E-state index in [2.05, 4.69) is 11.1 Å². The number of rotatable bonds is 3. The molecule has 0 aliphatic rings. The van der Waals surface area contributed by atoms with Crippen molar-refractivity contribution in [3.8, 4) is 0 Å². The van der Waals surface area contributed by atoms with E-state index in [1.165, 1.54) is 0 Å². The fourth-order valence-corrected chi connectivity index (χ4v) is 2.07. The summed E-state index contributed by atoms with van der Waals surface area (Å²) in [5.74, 6) is -0.966. The van der Waals surface area contributed by atoms with Crippen molar-refractivity contribution >= 4 is 16.9 Å². The number of carboxylic acid groups (broad SMARTS) is 1. The van der Waals surface area contributed by atoms with Gasteiger partial charge in [0.2, 0.25) is 0 Å². The Bertz CT molecular complexity index is 572. The van der Waals surface area contributed by atoms with Crippen LogP contribution >= 0.6 is 0 Å². The summed E-state index contributed by atoms with van der Waals surface area (Å²) in [7, 11) is 0. The van der Waals surface area contributed by atoms with Crippen LogP contribution < -0.4 is 5.73 Å². The van der Waals surface area contributed by atoms with E-state index < -0.39 is 12.0 Å². The lowest BCUT2D eigenvalue weighted by atomic mass is 10.0. The minimum atomic E-state index is -0.966. The minimum Gasteiger partial charge on any atom is -0.480 e. The Labute approximate surface area is 99.4 Å². The van der Waals surface area contributed by atoms with E-state index in [0.29, 0.717) is 6.42 Å². The van der Waals surface area contributed by atoms with Gasteiger partial charge < -0.3 is 15.8 Å². The third-order valence-corrected chi connectivity index (χ3v) is 3.02. The summed E-state index contributed by atoms with van der Waals surface area (Å²) in [6.45, 7) is 3.96. The molecule has 1 atom stereocenters. The monoisotopic (exact) mass is 232 g/mol. The number of carbonyl (C=O) groups is 1. The Morgan fingerprint density at radius 2 is 2.18 bits per heavy atom. The number of carboxylic acids is 1. The van der Waals surface area contributed by atoms with Crippen LogP contribution in [0.25, 0.3) is 10.9 Å². The molecule has 2 aromatic rings. The quantitative estimate of drug-likeness (QED) is 0.754. The molecule has 4 N–H and O–H groups in total. The van der Waals surface area contributed by atoms with Gasteiger partial charge in [-0.15, -0.1) is 0 Å². The average molecular weight is 232 g/mol. The maximum Gasteiger partial charge on any atom is 0.320 e. The molecule has 2 rings (SSSR count). The zero-order chi connectivity index (χ0) is 12.6. The number of hydrogen-bond donors (Lipinski definition) is 3. The summed E-state index contributed by atoms with van der Waals surface area (Å²) in [6.07, 6.45) is 0.352. The van der Waals surface area contributed by atoms with Crippen molar-refractivity contribution in [3.05, 3.63) is 35.0 Å². The standard InChI is InChI=1S/C13H16N2O2/c1-7-3-4-12-10(5-7)9(8(2)15-12)6-11(14)13(16)17/h3-5,11,15H,6,14H2,1-2H3,(H,16,17). The topological polar surface area (TPSA) is 79.1 Å². The highest BCUT2D eigenvalue weighted by atomic mass is 16.4. The van der Waals surface area contributed by atoms with Gasteiger partial charge in [-0.25, -0.2) is 0 Å². The van der Waals surface area contributed by atoms with Gasteiger partial charge in [-0.05, 0) is 31.5 Å². The molecule has 1 aromatic heterocycles. The molecule has 0 saturated carbocycles. The summed E-state index contributed by atoms with van der Waals surface area (Å²) in [4.78, 5) is 14.1. The fraction of sp³-hybridized carbons (Fsp3) is 0.308. The third-order valence-electron chi connectivity index (χ3n) is 3.02. The Balaban J connectivity index is 2.48. The first-order valence-electron chi connectivity index (χ1n) is 5.55. The predicted molar refractivity (Wildman–Crippen MR) is 67.1 cm³/mol. The van der Waals surface area contributed by atoms with Crippen LogP contribution in [0.15, 0.2) is 18.2 Å². The van der Waals surface area contributed by atoms with Crippen molar-refractivity contribution in [1.82, 2.24) is 4.98 Å². The highest BCUT2D eigenvalue weighted by molar-refractivity contribution is 5.86. The van der Waals surface area contributed by atoms with Crippen LogP contribution in [0.4, 0.5) is 0 Å². The van der Waals surface area contributed by atoms with E-state index in [-0.39, 0.29) is 0 Å². The number of aliphatic carboxylic acids is 1. The molecular weight excluding hydrogens is 216 g/mol. The largest absolute Gasteiger partial charge is 0.480 e. The summed E-state index contributed by atoms with van der Waals surface area (Å²) in [5, 5.41) is 9.93. The van der Waals surface area contributed by atoms with Crippen LogP contribution in [0.1, 0.15) is 16.8 Å². The fourth-order valence-electron chi connectivity index (χ4n) is 2.07. The van der Waals surface area contributed by atoms with E-state index in [1.807, 2.05) is 26.0 Å². The van der Waals surface area contributed by atoms with Crippen LogP contribution in [-0.2, 0) is 11.2 Å². The number of aromatic nitrogens is 1. The Morgan fingerprint density at radius 1 is 1.47 bits per heavy atom. The number of nitrogens with two attached hydrogens (primary N) is 1. The van der Waals surface area contributed by atoms with Crippen LogP contribution in [0.5, 0.6) is 0 Å². The molecule has 4 heteroatoms. The molecule has 0 radical (unpaired) electrons. The lowest BCUT2D eigenvalue weighted by Gasteiger charge is -2.06. The third kappa shape index (κ3) is 2.17. The van der Waals surface area contributed by atoms with Crippen molar-refractivity contribution in [1.29, 1.82) is 0 Å². The Morgan fingerprint density at radius 3 is 2.82 bits per heavy atom. The SMILES string of the molecule is Cc1ccc2[nH]c(C)c(CC(N)C(=O)O)c2c1. The van der Waals surface area contributed by atoms with Gasteiger partial charge in [-0.2, -0.15) is 0 Å². The van der Waals surface area contributed by atoms with Gasteiger partial charge in [0.05, 0.1) is 0 Å². The summed E-state index contributed by atoms with van der Waals surface area (Å²) in [5.41, 5.74) is 9.76. The number of aryl methyl sites for hydroxylation is 2. The van der Waals surface area contributed by atoms with Gasteiger partial charge in [0.1, 0.15) is 6.04 Å². The number of H-pyrrole nitrogens is 1. The van der Waals surface area contributed by atoms with E-state index >= 15 is 0 Å². The summed E-state index contributed by atoms with van der Waals surface area (Å²) >= 11 is 0. The molecular formula is C13H16N2O2. The number of nitrogens with one attached hydrogen (secondary N) is 1. The molecule has 90 valence electrons. The van der Waals surface area contributed by atoms with E-state index in [4.69, 9.17) is 10.8 Å². The van der Waals surface area contributed by atoms with Crippen LogP contribution in [0.2, 0.25) is 0 Å². The maximum absolute atomic E-state index is 10.8. The predicted octanol–water partition coefficient (Wildman–Crippen LogP) is 1.74. The van der Waals surface area contributed by atoms with Gasteiger partial charge in [0.25, 0.3) is 0 Å². The molecule has 1 aromatic carbocycles. The Kier molecular flexibility index (Phi) is 2.90. The van der Waals surface area contributed by atoms with Crippen molar-refractivity contribution in [2.75, 3.05) is 0 Å². The second kappa shape index (κ2) is 4.22. The summed E-state index contributed by atoms with van der Waals surface area (Å²) < 4.78 is 0. The van der Waals surface area contributed by atoms with Gasteiger partial charge in [-0.3, -0.25) is 4.79 Å². The highest BCUT2D eigenvalue weighted by Gasteiger charge is 2.17. The van der Waals surface area contributed by atoms with Crippen molar-refractivity contribution in [2.45, 2.75) is 26.3 Å². The van der Waals surface area contributed by atoms with Gasteiger partial charge in [-0.1, -0.05) is 11.6 Å². The molecule has 1 unspecified atom stereocenters. The van der Waals surface area contributed by atoms with Crippen LogP contribution in [0.3, 0.4) is 0 Å². The highest BCUT2D eigenvalue weighted by Crippen LogP contribution is 2.24. The molecule has 4 nitrogen and oxygen atoms in total. The van der Waals surface area contributed by atoms with Crippen molar-refractivity contribution in [3.63, 3.8) is 0 Å². The van der Waals surface area contributed by atoms with E-state index in [0.717, 1.165) is 27.7 Å². The van der Waals surface area contributed by atoms with Crippen molar-refractivity contribution < 1.29 is 9.90 Å². The molecule has 0 aliphatic carbocycles. The second-order valence-electron chi connectivity index (χ2n) is 4.43. The smallest absolute Gasteiger partial charge is 0.320 e. The minimum absolute atomic E-state index is 0.352. The number of fused-ring (bicyclic) bond motifs is 1.